The number of hydrogen-bond acceptors (Lipinski definition) is 2. The first kappa shape index (κ1) is 15.0. The molecule has 0 radical (unpaired) electrons. The quantitative estimate of drug-likeness (QED) is 0.879. The first-order chi connectivity index (χ1) is 8.30. The second-order valence-electron chi connectivity index (χ2n) is 4.35. The molecule has 0 heterocycles. The summed E-state index contributed by atoms with van der Waals surface area (Å²) in [5.41, 5.74) is -0.485. The fourth-order valence-electron chi connectivity index (χ4n) is 1.50. The summed E-state index contributed by atoms with van der Waals surface area (Å²) in [6.45, 7) is 4.03. The van der Waals surface area contributed by atoms with Crippen molar-refractivity contribution in [2.24, 2.45) is 0 Å². The third-order valence-corrected chi connectivity index (χ3v) is 2.44. The zero-order valence-electron chi connectivity index (χ0n) is 10.4. The third kappa shape index (κ3) is 4.66. The van der Waals surface area contributed by atoms with Gasteiger partial charge in [0.05, 0.1) is 17.8 Å². The molecule has 0 saturated heterocycles. The smallest absolute Gasteiger partial charge is 0.388 e. The van der Waals surface area contributed by atoms with Crippen LogP contribution >= 0.6 is 0 Å². The summed E-state index contributed by atoms with van der Waals surface area (Å²) >= 11 is 0. The van der Waals surface area contributed by atoms with E-state index in [-0.39, 0.29) is 18.1 Å². The number of rotatable bonds is 5. The van der Waals surface area contributed by atoms with Crippen molar-refractivity contribution in [3.05, 3.63) is 35.4 Å². The van der Waals surface area contributed by atoms with Crippen LogP contribution in [0.1, 0.15) is 37.5 Å². The highest BCUT2D eigenvalue weighted by molar-refractivity contribution is 5.27. The molecule has 1 rings (SSSR count). The van der Waals surface area contributed by atoms with E-state index in [0.717, 1.165) is 12.1 Å². The molecule has 2 nitrogen and oxygen atoms in total. The summed E-state index contributed by atoms with van der Waals surface area (Å²) in [5, 5.41) is 9.78. The highest BCUT2D eigenvalue weighted by Gasteiger charge is 2.30. The van der Waals surface area contributed by atoms with Crippen LogP contribution in [0.3, 0.4) is 0 Å². The largest absolute Gasteiger partial charge is 0.416 e. The molecule has 1 N–H and O–H groups in total. The minimum atomic E-state index is -4.38. The van der Waals surface area contributed by atoms with Crippen LogP contribution in [-0.4, -0.2) is 17.8 Å². The molecule has 102 valence electrons. The Kier molecular flexibility index (Phi) is 5.16. The van der Waals surface area contributed by atoms with E-state index in [1.807, 2.05) is 13.8 Å². The van der Waals surface area contributed by atoms with Gasteiger partial charge < -0.3 is 9.84 Å². The van der Waals surface area contributed by atoms with Gasteiger partial charge in [0.2, 0.25) is 0 Å². The molecule has 1 unspecified atom stereocenters. The van der Waals surface area contributed by atoms with Gasteiger partial charge in [-0.05, 0) is 31.5 Å². The van der Waals surface area contributed by atoms with Gasteiger partial charge in [0.25, 0.3) is 0 Å². The highest BCUT2D eigenvalue weighted by atomic mass is 19.4. The maximum absolute atomic E-state index is 12.5. The Morgan fingerprint density at radius 3 is 2.50 bits per heavy atom. The number of alkyl halides is 3. The molecule has 18 heavy (non-hydrogen) atoms. The number of aliphatic hydroxyl groups is 1. The fourth-order valence-corrected chi connectivity index (χ4v) is 1.50. The molecular weight excluding hydrogens is 245 g/mol. The Morgan fingerprint density at radius 2 is 1.94 bits per heavy atom. The van der Waals surface area contributed by atoms with Gasteiger partial charge in [-0.1, -0.05) is 12.1 Å². The van der Waals surface area contributed by atoms with Crippen molar-refractivity contribution in [1.29, 1.82) is 0 Å². The van der Waals surface area contributed by atoms with Crippen molar-refractivity contribution < 1.29 is 23.0 Å². The lowest BCUT2D eigenvalue weighted by molar-refractivity contribution is -0.137. The van der Waals surface area contributed by atoms with Crippen LogP contribution in [0, 0.1) is 0 Å². The van der Waals surface area contributed by atoms with Crippen LogP contribution in [0.15, 0.2) is 24.3 Å². The summed E-state index contributed by atoms with van der Waals surface area (Å²) in [5.74, 6) is 0. The maximum Gasteiger partial charge on any atom is 0.416 e. The fraction of sp³-hybridized carbons (Fsp3) is 0.538. The molecule has 1 atom stereocenters. The lowest BCUT2D eigenvalue weighted by Crippen LogP contribution is -2.10. The third-order valence-electron chi connectivity index (χ3n) is 2.44. The van der Waals surface area contributed by atoms with Crippen molar-refractivity contribution in [2.45, 2.75) is 38.7 Å². The van der Waals surface area contributed by atoms with E-state index in [2.05, 4.69) is 0 Å². The van der Waals surface area contributed by atoms with Crippen LogP contribution in [0.5, 0.6) is 0 Å². The predicted molar refractivity (Wildman–Crippen MR) is 62.1 cm³/mol. The zero-order chi connectivity index (χ0) is 13.8. The lowest BCUT2D eigenvalue weighted by Gasteiger charge is -2.14. The Hall–Kier alpha value is -1.07. The summed E-state index contributed by atoms with van der Waals surface area (Å²) < 4.78 is 42.7. The summed E-state index contributed by atoms with van der Waals surface area (Å²) in [6.07, 6.45) is -5.01. The van der Waals surface area contributed by atoms with E-state index >= 15 is 0 Å². The molecule has 0 aromatic heterocycles. The van der Waals surface area contributed by atoms with Gasteiger partial charge in [-0.3, -0.25) is 0 Å². The van der Waals surface area contributed by atoms with Gasteiger partial charge in [0.15, 0.2) is 0 Å². The molecule has 0 saturated carbocycles. The number of aliphatic hydroxyl groups excluding tert-OH is 1. The van der Waals surface area contributed by atoms with Crippen LogP contribution in [0.2, 0.25) is 0 Å². The van der Waals surface area contributed by atoms with Crippen LogP contribution in [-0.2, 0) is 10.9 Å². The van der Waals surface area contributed by atoms with E-state index in [1.54, 1.807) is 0 Å². The Labute approximate surface area is 104 Å². The van der Waals surface area contributed by atoms with Crippen LogP contribution in [0.25, 0.3) is 0 Å². The van der Waals surface area contributed by atoms with E-state index in [4.69, 9.17) is 4.74 Å². The van der Waals surface area contributed by atoms with Gasteiger partial charge in [0.1, 0.15) is 0 Å². The molecule has 0 bridgehead atoms. The Morgan fingerprint density at radius 1 is 1.28 bits per heavy atom. The molecule has 1 aromatic carbocycles. The zero-order valence-corrected chi connectivity index (χ0v) is 10.4. The summed E-state index contributed by atoms with van der Waals surface area (Å²) in [4.78, 5) is 0. The average molecular weight is 262 g/mol. The van der Waals surface area contributed by atoms with E-state index < -0.39 is 17.8 Å². The SMILES string of the molecule is CC(C)OCCC(O)c1cccc(C(F)(F)F)c1. The molecule has 0 aliphatic heterocycles. The molecule has 0 fully saturated rings. The second kappa shape index (κ2) is 6.20. The lowest BCUT2D eigenvalue weighted by atomic mass is 10.0. The van der Waals surface area contributed by atoms with Gasteiger partial charge in [-0.15, -0.1) is 0 Å². The number of halogens is 3. The van der Waals surface area contributed by atoms with Crippen molar-refractivity contribution in [3.63, 3.8) is 0 Å². The van der Waals surface area contributed by atoms with Gasteiger partial charge >= 0.3 is 6.18 Å². The number of benzene rings is 1. The molecule has 1 aromatic rings. The Balaban J connectivity index is 2.66. The predicted octanol–water partition coefficient (Wildman–Crippen LogP) is 3.55. The van der Waals surface area contributed by atoms with Crippen molar-refractivity contribution in [1.82, 2.24) is 0 Å². The van der Waals surface area contributed by atoms with Crippen LogP contribution < -0.4 is 0 Å². The highest BCUT2D eigenvalue weighted by Crippen LogP contribution is 2.31. The number of hydrogen-bond donors (Lipinski definition) is 1. The minimum absolute atomic E-state index is 0.0405. The van der Waals surface area contributed by atoms with Gasteiger partial charge in [-0.2, -0.15) is 13.2 Å². The normalized spacial score (nSPS) is 13.9. The molecule has 0 spiro atoms. The molecule has 5 heteroatoms. The average Bonchev–Trinajstić information content (AvgIpc) is 2.27. The molecule has 0 aliphatic rings. The maximum atomic E-state index is 12.5. The minimum Gasteiger partial charge on any atom is -0.388 e. The molecule has 0 amide bonds. The van der Waals surface area contributed by atoms with Gasteiger partial charge in [0, 0.05) is 13.0 Å². The second-order valence-corrected chi connectivity index (χ2v) is 4.35. The van der Waals surface area contributed by atoms with E-state index in [0.29, 0.717) is 6.61 Å². The molecular formula is C13H17F3O2. The van der Waals surface area contributed by atoms with Crippen molar-refractivity contribution >= 4 is 0 Å². The van der Waals surface area contributed by atoms with Crippen molar-refractivity contribution in [3.8, 4) is 0 Å². The molecule has 0 aliphatic carbocycles. The summed E-state index contributed by atoms with van der Waals surface area (Å²) in [6, 6.07) is 4.74. The van der Waals surface area contributed by atoms with Gasteiger partial charge in [-0.25, -0.2) is 0 Å². The van der Waals surface area contributed by atoms with E-state index in [9.17, 15) is 18.3 Å². The van der Waals surface area contributed by atoms with E-state index in [1.165, 1.54) is 12.1 Å². The number of ether oxygens (including phenoxy) is 1. The monoisotopic (exact) mass is 262 g/mol. The summed E-state index contributed by atoms with van der Waals surface area (Å²) in [7, 11) is 0. The first-order valence-electron chi connectivity index (χ1n) is 5.77. The Bertz CT molecular complexity index is 375. The topological polar surface area (TPSA) is 29.5 Å². The van der Waals surface area contributed by atoms with Crippen molar-refractivity contribution in [2.75, 3.05) is 6.61 Å². The first-order valence-corrected chi connectivity index (χ1v) is 5.77. The van der Waals surface area contributed by atoms with Crippen LogP contribution in [0.4, 0.5) is 13.2 Å². The standard InChI is InChI=1S/C13H17F3O2/c1-9(2)18-7-6-12(17)10-4-3-5-11(8-10)13(14,15)16/h3-5,8-9,12,17H,6-7H2,1-2H3.